The van der Waals surface area contributed by atoms with Gasteiger partial charge in [-0.3, -0.25) is 4.79 Å². The van der Waals surface area contributed by atoms with Crippen LogP contribution in [0.3, 0.4) is 0 Å². The average molecular weight is 298 g/mol. The molecular formula is C14H16ClNO4. The molecule has 1 N–H and O–H groups in total. The van der Waals surface area contributed by atoms with Crippen LogP contribution in [0.4, 0.5) is 0 Å². The van der Waals surface area contributed by atoms with Crippen LogP contribution in [0.15, 0.2) is 12.1 Å². The van der Waals surface area contributed by atoms with E-state index in [1.54, 1.807) is 12.1 Å². The predicted molar refractivity (Wildman–Crippen MR) is 74.0 cm³/mol. The summed E-state index contributed by atoms with van der Waals surface area (Å²) in [6.07, 6.45) is 0.842. The Morgan fingerprint density at radius 1 is 1.55 bits per heavy atom. The number of ether oxygens (including phenoxy) is 2. The lowest BCUT2D eigenvalue weighted by Crippen LogP contribution is -2.35. The van der Waals surface area contributed by atoms with E-state index in [4.69, 9.17) is 21.1 Å². The fraction of sp³-hybridized carbons (Fsp3) is 0.429. The van der Waals surface area contributed by atoms with Gasteiger partial charge in [0.2, 0.25) is 0 Å². The highest BCUT2D eigenvalue weighted by Crippen LogP contribution is 2.34. The standard InChI is InChI=1S/C14H16ClNO4/c1-3-8(2)16-12(17)7-19-11-5-4-10(15)9-6-20-14(18)13(9)11/h4-5,8H,3,6-7H2,1-2H3,(H,16,17)/t8-/m0/s1. The van der Waals surface area contributed by atoms with Crippen LogP contribution in [0.25, 0.3) is 0 Å². The summed E-state index contributed by atoms with van der Waals surface area (Å²) in [5, 5.41) is 3.24. The first-order chi connectivity index (χ1) is 9.52. The van der Waals surface area contributed by atoms with E-state index in [0.717, 1.165) is 6.42 Å². The number of carbonyl (C=O) groups excluding carboxylic acids is 2. The van der Waals surface area contributed by atoms with Gasteiger partial charge in [0, 0.05) is 16.6 Å². The molecule has 0 unspecified atom stereocenters. The van der Waals surface area contributed by atoms with Gasteiger partial charge in [-0.25, -0.2) is 4.79 Å². The van der Waals surface area contributed by atoms with Crippen molar-refractivity contribution in [3.63, 3.8) is 0 Å². The van der Waals surface area contributed by atoms with Gasteiger partial charge >= 0.3 is 5.97 Å². The highest BCUT2D eigenvalue weighted by molar-refractivity contribution is 6.32. The Morgan fingerprint density at radius 3 is 3.00 bits per heavy atom. The molecule has 5 nitrogen and oxygen atoms in total. The van der Waals surface area contributed by atoms with Gasteiger partial charge in [-0.15, -0.1) is 0 Å². The van der Waals surface area contributed by atoms with Crippen LogP contribution in [0.2, 0.25) is 5.02 Å². The van der Waals surface area contributed by atoms with E-state index < -0.39 is 5.97 Å². The molecule has 108 valence electrons. The Bertz CT molecular complexity index is 544. The molecule has 1 aliphatic rings. The number of carbonyl (C=O) groups is 2. The van der Waals surface area contributed by atoms with Crippen molar-refractivity contribution >= 4 is 23.5 Å². The molecule has 1 aromatic rings. The first-order valence-electron chi connectivity index (χ1n) is 6.43. The van der Waals surface area contributed by atoms with Crippen molar-refractivity contribution in [2.75, 3.05) is 6.61 Å². The maximum absolute atomic E-state index is 11.7. The highest BCUT2D eigenvalue weighted by atomic mass is 35.5. The Hall–Kier alpha value is -1.75. The number of nitrogens with one attached hydrogen (secondary N) is 1. The second-order valence-electron chi connectivity index (χ2n) is 4.64. The summed E-state index contributed by atoms with van der Waals surface area (Å²) in [6.45, 7) is 3.89. The number of hydrogen-bond donors (Lipinski definition) is 1. The fourth-order valence-corrected chi connectivity index (χ4v) is 2.07. The summed E-state index contributed by atoms with van der Waals surface area (Å²) in [6, 6.07) is 3.29. The van der Waals surface area contributed by atoms with Crippen LogP contribution < -0.4 is 10.1 Å². The van der Waals surface area contributed by atoms with Crippen molar-refractivity contribution in [2.45, 2.75) is 32.9 Å². The van der Waals surface area contributed by atoms with E-state index in [1.807, 2.05) is 13.8 Å². The Balaban J connectivity index is 2.06. The van der Waals surface area contributed by atoms with Gasteiger partial charge in [0.15, 0.2) is 6.61 Å². The number of halogens is 1. The van der Waals surface area contributed by atoms with Crippen molar-refractivity contribution in [2.24, 2.45) is 0 Å². The van der Waals surface area contributed by atoms with E-state index in [9.17, 15) is 9.59 Å². The monoisotopic (exact) mass is 297 g/mol. The molecule has 1 aromatic carbocycles. The third-order valence-electron chi connectivity index (χ3n) is 3.15. The van der Waals surface area contributed by atoms with E-state index in [0.29, 0.717) is 21.9 Å². The quantitative estimate of drug-likeness (QED) is 0.847. The minimum Gasteiger partial charge on any atom is -0.483 e. The van der Waals surface area contributed by atoms with E-state index in [-0.39, 0.29) is 25.2 Å². The molecule has 6 heteroatoms. The van der Waals surface area contributed by atoms with Crippen molar-refractivity contribution in [1.82, 2.24) is 5.32 Å². The lowest BCUT2D eigenvalue weighted by atomic mass is 10.1. The summed E-state index contributed by atoms with van der Waals surface area (Å²) >= 11 is 5.99. The molecule has 1 heterocycles. The zero-order valence-electron chi connectivity index (χ0n) is 11.4. The SMILES string of the molecule is CC[C@H](C)NC(=O)COc1ccc(Cl)c2c1C(=O)OC2. The number of esters is 1. The van der Waals surface area contributed by atoms with Crippen LogP contribution in [0, 0.1) is 0 Å². The van der Waals surface area contributed by atoms with Gasteiger partial charge in [0.1, 0.15) is 17.9 Å². The Labute approximate surface area is 122 Å². The van der Waals surface area contributed by atoms with E-state index >= 15 is 0 Å². The molecule has 20 heavy (non-hydrogen) atoms. The van der Waals surface area contributed by atoms with Crippen molar-refractivity contribution in [3.05, 3.63) is 28.3 Å². The number of fused-ring (bicyclic) bond motifs is 1. The van der Waals surface area contributed by atoms with Gasteiger partial charge in [0.25, 0.3) is 5.91 Å². The summed E-state index contributed by atoms with van der Waals surface area (Å²) in [4.78, 5) is 23.3. The van der Waals surface area contributed by atoms with Crippen LogP contribution in [-0.4, -0.2) is 24.5 Å². The summed E-state index contributed by atoms with van der Waals surface area (Å²) in [7, 11) is 0. The normalized spacial score (nSPS) is 14.4. The first kappa shape index (κ1) is 14.7. The molecule has 0 aromatic heterocycles. The lowest BCUT2D eigenvalue weighted by molar-refractivity contribution is -0.123. The largest absolute Gasteiger partial charge is 0.483 e. The van der Waals surface area contributed by atoms with E-state index in [1.165, 1.54) is 0 Å². The molecule has 0 saturated carbocycles. The van der Waals surface area contributed by atoms with Crippen LogP contribution in [0.5, 0.6) is 5.75 Å². The summed E-state index contributed by atoms with van der Waals surface area (Å²) < 4.78 is 10.3. The highest BCUT2D eigenvalue weighted by Gasteiger charge is 2.28. The number of amides is 1. The Morgan fingerprint density at radius 2 is 2.30 bits per heavy atom. The minimum absolute atomic E-state index is 0.0898. The molecule has 1 atom stereocenters. The van der Waals surface area contributed by atoms with E-state index in [2.05, 4.69) is 5.32 Å². The molecule has 0 aliphatic carbocycles. The van der Waals surface area contributed by atoms with Crippen LogP contribution in [-0.2, 0) is 16.1 Å². The molecule has 0 radical (unpaired) electrons. The van der Waals surface area contributed by atoms with Crippen LogP contribution in [0.1, 0.15) is 36.2 Å². The second kappa shape index (κ2) is 6.13. The topological polar surface area (TPSA) is 64.6 Å². The number of rotatable bonds is 5. The second-order valence-corrected chi connectivity index (χ2v) is 5.05. The summed E-state index contributed by atoms with van der Waals surface area (Å²) in [5.74, 6) is -0.375. The van der Waals surface area contributed by atoms with Crippen molar-refractivity contribution in [1.29, 1.82) is 0 Å². The molecule has 1 amide bonds. The zero-order chi connectivity index (χ0) is 14.7. The Kier molecular flexibility index (Phi) is 4.49. The maximum atomic E-state index is 11.7. The third-order valence-corrected chi connectivity index (χ3v) is 3.50. The van der Waals surface area contributed by atoms with Gasteiger partial charge < -0.3 is 14.8 Å². The molecule has 2 rings (SSSR count). The van der Waals surface area contributed by atoms with Gasteiger partial charge in [-0.1, -0.05) is 18.5 Å². The van der Waals surface area contributed by atoms with Gasteiger partial charge in [-0.2, -0.15) is 0 Å². The lowest BCUT2D eigenvalue weighted by Gasteiger charge is -2.13. The maximum Gasteiger partial charge on any atom is 0.342 e. The number of cyclic esters (lactones) is 1. The zero-order valence-corrected chi connectivity index (χ0v) is 12.1. The smallest absolute Gasteiger partial charge is 0.342 e. The predicted octanol–water partition coefficient (Wildman–Crippen LogP) is 2.30. The molecule has 0 saturated heterocycles. The van der Waals surface area contributed by atoms with Gasteiger partial charge in [0.05, 0.1) is 0 Å². The average Bonchev–Trinajstić information content (AvgIpc) is 2.81. The molecule has 0 fully saturated rings. The number of hydrogen-bond acceptors (Lipinski definition) is 4. The molecule has 0 spiro atoms. The van der Waals surface area contributed by atoms with Gasteiger partial charge in [-0.05, 0) is 25.5 Å². The fourth-order valence-electron chi connectivity index (χ4n) is 1.86. The first-order valence-corrected chi connectivity index (χ1v) is 6.81. The van der Waals surface area contributed by atoms with Crippen LogP contribution >= 0.6 is 11.6 Å². The summed E-state index contributed by atoms with van der Waals surface area (Å²) in [5.41, 5.74) is 0.922. The minimum atomic E-state index is -0.472. The molecular weight excluding hydrogens is 282 g/mol. The third kappa shape index (κ3) is 3.04. The molecule has 1 aliphatic heterocycles. The molecule has 0 bridgehead atoms. The van der Waals surface area contributed by atoms with Crippen molar-refractivity contribution < 1.29 is 19.1 Å². The number of benzene rings is 1. The van der Waals surface area contributed by atoms with Crippen molar-refractivity contribution in [3.8, 4) is 5.75 Å².